The molecule has 0 amide bonds. The largest absolute Gasteiger partial charge is 0.326 e. The van der Waals surface area contributed by atoms with Gasteiger partial charge in [-0.05, 0) is 46.1 Å². The minimum Gasteiger partial charge on any atom is -0.326 e. The molecule has 0 aliphatic heterocycles. The third kappa shape index (κ3) is 3.61. The van der Waals surface area contributed by atoms with Gasteiger partial charge in [0.2, 0.25) is 0 Å². The van der Waals surface area contributed by atoms with Crippen molar-refractivity contribution in [2.75, 3.05) is 0 Å². The van der Waals surface area contributed by atoms with Crippen molar-refractivity contribution in [3.05, 3.63) is 63.6 Å². The zero-order valence-corrected chi connectivity index (χ0v) is 12.7. The molecule has 0 spiro atoms. The molecule has 1 nitrogen and oxygen atoms in total. The van der Waals surface area contributed by atoms with Crippen LogP contribution in [0.1, 0.15) is 16.7 Å². The Balaban J connectivity index is 2.06. The van der Waals surface area contributed by atoms with Gasteiger partial charge in [-0.15, -0.1) is 11.8 Å². The molecule has 0 aliphatic rings. The number of aryl methyl sites for hydroxylation is 1. The highest BCUT2D eigenvalue weighted by molar-refractivity contribution is 9.10. The minimum absolute atomic E-state index is 0.585. The zero-order chi connectivity index (χ0) is 13.0. The van der Waals surface area contributed by atoms with Crippen molar-refractivity contribution in [3.63, 3.8) is 0 Å². The molecule has 0 atom stereocenters. The number of hydrogen-bond donors (Lipinski definition) is 1. The van der Waals surface area contributed by atoms with Crippen LogP contribution in [0, 0.1) is 6.92 Å². The van der Waals surface area contributed by atoms with Gasteiger partial charge in [0.25, 0.3) is 0 Å². The molecular formula is C15H16BrNS. The van der Waals surface area contributed by atoms with Gasteiger partial charge in [0.05, 0.1) is 0 Å². The maximum Gasteiger partial charge on any atom is 0.0314 e. The van der Waals surface area contributed by atoms with Crippen LogP contribution in [0.3, 0.4) is 0 Å². The summed E-state index contributed by atoms with van der Waals surface area (Å²) in [4.78, 5) is 1.26. The van der Waals surface area contributed by atoms with Gasteiger partial charge >= 0.3 is 0 Å². The predicted octanol–water partition coefficient (Wildman–Crippen LogP) is 4.51. The average Bonchev–Trinajstić information content (AvgIpc) is 2.37. The van der Waals surface area contributed by atoms with Gasteiger partial charge in [0.15, 0.2) is 0 Å². The highest BCUT2D eigenvalue weighted by Crippen LogP contribution is 2.30. The lowest BCUT2D eigenvalue weighted by molar-refractivity contribution is 1.06. The maximum atomic E-state index is 5.62. The van der Waals surface area contributed by atoms with E-state index < -0.39 is 0 Å². The van der Waals surface area contributed by atoms with Crippen LogP contribution < -0.4 is 5.73 Å². The first-order chi connectivity index (χ1) is 8.69. The molecular weight excluding hydrogens is 306 g/mol. The van der Waals surface area contributed by atoms with Gasteiger partial charge in [0.1, 0.15) is 0 Å². The van der Waals surface area contributed by atoms with Crippen LogP contribution in [0.4, 0.5) is 0 Å². The summed E-state index contributed by atoms with van der Waals surface area (Å²) in [6, 6.07) is 14.9. The van der Waals surface area contributed by atoms with Crippen LogP contribution in [-0.2, 0) is 12.3 Å². The van der Waals surface area contributed by atoms with Crippen molar-refractivity contribution in [3.8, 4) is 0 Å². The second-order valence-electron chi connectivity index (χ2n) is 4.25. The Labute approximate surface area is 121 Å². The number of hydrogen-bond acceptors (Lipinski definition) is 2. The molecule has 3 heteroatoms. The Morgan fingerprint density at radius 3 is 2.61 bits per heavy atom. The third-order valence-corrected chi connectivity index (χ3v) is 4.77. The molecule has 0 saturated heterocycles. The molecule has 2 aromatic carbocycles. The van der Waals surface area contributed by atoms with Gasteiger partial charge in [-0.3, -0.25) is 0 Å². The van der Waals surface area contributed by atoms with E-state index in [0.29, 0.717) is 6.54 Å². The monoisotopic (exact) mass is 321 g/mol. The lowest BCUT2D eigenvalue weighted by atomic mass is 10.2. The van der Waals surface area contributed by atoms with Gasteiger partial charge in [-0.2, -0.15) is 0 Å². The summed E-state index contributed by atoms with van der Waals surface area (Å²) < 4.78 is 1.13. The van der Waals surface area contributed by atoms with E-state index >= 15 is 0 Å². The second kappa shape index (κ2) is 6.41. The molecule has 0 fully saturated rings. The van der Waals surface area contributed by atoms with Crippen LogP contribution in [0.5, 0.6) is 0 Å². The summed E-state index contributed by atoms with van der Waals surface area (Å²) in [6.07, 6.45) is 0. The van der Waals surface area contributed by atoms with Gasteiger partial charge in [-0.1, -0.05) is 35.9 Å². The van der Waals surface area contributed by atoms with E-state index in [1.165, 1.54) is 16.0 Å². The Bertz CT molecular complexity index is 540. The molecule has 94 valence electrons. The first kappa shape index (κ1) is 13.7. The fourth-order valence-corrected chi connectivity index (χ4v) is 3.38. The molecule has 0 heterocycles. The Hall–Kier alpha value is -0.770. The van der Waals surface area contributed by atoms with E-state index in [1.54, 1.807) is 0 Å². The van der Waals surface area contributed by atoms with Crippen molar-refractivity contribution < 1.29 is 0 Å². The molecule has 0 radical (unpaired) electrons. The number of thioether (sulfide) groups is 1. The third-order valence-electron chi connectivity index (χ3n) is 2.71. The van der Waals surface area contributed by atoms with Crippen LogP contribution in [0.2, 0.25) is 0 Å². The first-order valence-electron chi connectivity index (χ1n) is 5.86. The number of rotatable bonds is 4. The van der Waals surface area contributed by atoms with Crippen molar-refractivity contribution in [2.45, 2.75) is 24.1 Å². The van der Waals surface area contributed by atoms with E-state index in [9.17, 15) is 0 Å². The van der Waals surface area contributed by atoms with Gasteiger partial charge in [0, 0.05) is 21.7 Å². The molecule has 2 aromatic rings. The molecule has 0 aliphatic carbocycles. The molecule has 0 aromatic heterocycles. The average molecular weight is 322 g/mol. The van der Waals surface area contributed by atoms with Gasteiger partial charge < -0.3 is 5.73 Å². The zero-order valence-electron chi connectivity index (χ0n) is 10.3. The summed E-state index contributed by atoms with van der Waals surface area (Å²) in [6.45, 7) is 2.71. The second-order valence-corrected chi connectivity index (χ2v) is 6.12. The lowest BCUT2D eigenvalue weighted by Gasteiger charge is -2.07. The van der Waals surface area contributed by atoms with Gasteiger partial charge in [-0.25, -0.2) is 0 Å². The highest BCUT2D eigenvalue weighted by atomic mass is 79.9. The Morgan fingerprint density at radius 1 is 1.11 bits per heavy atom. The van der Waals surface area contributed by atoms with Crippen LogP contribution in [0.25, 0.3) is 0 Å². The first-order valence-corrected chi connectivity index (χ1v) is 7.64. The van der Waals surface area contributed by atoms with Crippen molar-refractivity contribution >= 4 is 27.7 Å². The molecule has 2 N–H and O–H groups in total. The Morgan fingerprint density at radius 2 is 1.94 bits per heavy atom. The quantitative estimate of drug-likeness (QED) is 0.838. The molecule has 0 unspecified atom stereocenters. The van der Waals surface area contributed by atoms with Crippen LogP contribution >= 0.6 is 27.7 Å². The van der Waals surface area contributed by atoms with E-state index in [1.807, 2.05) is 11.8 Å². The molecule has 2 rings (SSSR count). The normalized spacial score (nSPS) is 10.6. The summed E-state index contributed by atoms with van der Waals surface area (Å²) in [5.41, 5.74) is 9.44. The summed E-state index contributed by atoms with van der Waals surface area (Å²) in [5, 5.41) is 0. The van der Waals surface area contributed by atoms with Crippen LogP contribution in [-0.4, -0.2) is 0 Å². The SMILES string of the molecule is Cc1cccc(CSc2ccc(CN)cc2Br)c1. The van der Waals surface area contributed by atoms with Crippen LogP contribution in [0.15, 0.2) is 51.8 Å². The standard InChI is InChI=1S/C15H16BrNS/c1-11-3-2-4-13(7-11)10-18-15-6-5-12(9-17)8-14(15)16/h2-8H,9-10,17H2,1H3. The smallest absolute Gasteiger partial charge is 0.0314 e. The summed E-state index contributed by atoms with van der Waals surface area (Å²) in [7, 11) is 0. The maximum absolute atomic E-state index is 5.62. The summed E-state index contributed by atoms with van der Waals surface area (Å²) in [5.74, 6) is 0.988. The van der Waals surface area contributed by atoms with E-state index in [4.69, 9.17) is 5.73 Å². The van der Waals surface area contributed by atoms with E-state index in [2.05, 4.69) is 65.3 Å². The van der Waals surface area contributed by atoms with E-state index in [-0.39, 0.29) is 0 Å². The minimum atomic E-state index is 0.585. The molecule has 0 bridgehead atoms. The summed E-state index contributed by atoms with van der Waals surface area (Å²) >= 11 is 5.44. The van der Waals surface area contributed by atoms with Crippen molar-refractivity contribution in [1.82, 2.24) is 0 Å². The highest BCUT2D eigenvalue weighted by Gasteiger charge is 2.02. The number of halogens is 1. The Kier molecular flexibility index (Phi) is 4.87. The molecule has 0 saturated carbocycles. The topological polar surface area (TPSA) is 26.0 Å². The lowest BCUT2D eigenvalue weighted by Crippen LogP contribution is -1.95. The van der Waals surface area contributed by atoms with Crippen molar-refractivity contribution in [1.29, 1.82) is 0 Å². The fraction of sp³-hybridized carbons (Fsp3) is 0.200. The van der Waals surface area contributed by atoms with Crippen molar-refractivity contribution in [2.24, 2.45) is 5.73 Å². The predicted molar refractivity (Wildman–Crippen MR) is 82.8 cm³/mol. The van der Waals surface area contributed by atoms with E-state index in [0.717, 1.165) is 15.8 Å². The molecule has 18 heavy (non-hydrogen) atoms. The number of nitrogens with two attached hydrogens (primary N) is 1. The number of benzene rings is 2. The fourth-order valence-electron chi connectivity index (χ4n) is 1.75.